The smallest absolute Gasteiger partial charge is 0.103 e. The fraction of sp³-hybridized carbons (Fsp3) is 0.188. The van der Waals surface area contributed by atoms with Crippen molar-refractivity contribution in [1.29, 1.82) is 0 Å². The average molecular weight is 475 g/mol. The minimum absolute atomic E-state index is 0.920. The molecule has 2 aliphatic heterocycles. The number of benzene rings is 3. The van der Waals surface area contributed by atoms with Crippen LogP contribution >= 0.6 is 0 Å². The van der Waals surface area contributed by atoms with Crippen LogP contribution in [0.15, 0.2) is 98.1 Å². The van der Waals surface area contributed by atoms with Gasteiger partial charge in [0.15, 0.2) is 0 Å². The minimum Gasteiger partial charge on any atom is -0.103 e. The summed E-state index contributed by atoms with van der Waals surface area (Å²) in [5.41, 5.74) is 8.63. The normalized spacial score (nSPS) is 17.5. The molecule has 0 saturated heterocycles. The summed E-state index contributed by atoms with van der Waals surface area (Å²) in [5, 5.41) is 6.27. The van der Waals surface area contributed by atoms with Crippen molar-refractivity contribution in [3.05, 3.63) is 120 Å². The molecule has 2 heteroatoms. The van der Waals surface area contributed by atoms with Gasteiger partial charge in [-0.25, -0.2) is 0 Å². The van der Waals surface area contributed by atoms with E-state index in [0.717, 1.165) is 12.8 Å². The van der Waals surface area contributed by atoms with E-state index in [1.807, 2.05) is 0 Å². The molecule has 0 unspecified atom stereocenters. The van der Waals surface area contributed by atoms with Gasteiger partial charge in [-0.3, -0.25) is 0 Å². The highest BCUT2D eigenvalue weighted by Gasteiger charge is 2.41. The molecule has 0 aromatic heterocycles. The maximum Gasteiger partial charge on any atom is 0.114 e. The Labute approximate surface area is 207 Å². The van der Waals surface area contributed by atoms with Gasteiger partial charge in [0.05, 0.1) is 0 Å². The molecule has 0 aliphatic carbocycles. The minimum atomic E-state index is -1.81. The topological polar surface area (TPSA) is 0 Å². The van der Waals surface area contributed by atoms with E-state index >= 15 is 0 Å². The van der Waals surface area contributed by atoms with Gasteiger partial charge in [0, 0.05) is 0 Å². The Morgan fingerprint density at radius 1 is 0.588 bits per heavy atom. The van der Waals surface area contributed by atoms with Gasteiger partial charge in [-0.2, -0.15) is 0 Å². The monoisotopic (exact) mass is 474 g/mol. The zero-order valence-corrected chi connectivity index (χ0v) is 22.9. The highest BCUT2D eigenvalue weighted by molar-refractivity contribution is 7.08. The van der Waals surface area contributed by atoms with Crippen LogP contribution in [0.3, 0.4) is 0 Å². The van der Waals surface area contributed by atoms with Crippen molar-refractivity contribution in [3.8, 4) is 0 Å². The molecule has 0 amide bonds. The molecular weight excluding hydrogens is 441 g/mol. The highest BCUT2D eigenvalue weighted by atomic mass is 28.3. The summed E-state index contributed by atoms with van der Waals surface area (Å²) in [6.45, 7) is 18.2. The summed E-state index contributed by atoms with van der Waals surface area (Å²) < 4.78 is 0. The van der Waals surface area contributed by atoms with Crippen molar-refractivity contribution in [2.24, 2.45) is 0 Å². The molecule has 0 fully saturated rings. The van der Waals surface area contributed by atoms with E-state index in [-0.39, 0.29) is 0 Å². The molecule has 0 nitrogen and oxygen atoms in total. The second kappa shape index (κ2) is 8.37. The van der Waals surface area contributed by atoms with Gasteiger partial charge < -0.3 is 0 Å². The molecule has 2 aliphatic rings. The predicted octanol–water partition coefficient (Wildman–Crippen LogP) is 7.60. The quantitative estimate of drug-likeness (QED) is 0.255. The van der Waals surface area contributed by atoms with Crippen LogP contribution < -0.4 is 10.4 Å². The average Bonchev–Trinajstić information content (AvgIpc) is 3.19. The van der Waals surface area contributed by atoms with E-state index in [1.165, 1.54) is 33.4 Å². The van der Waals surface area contributed by atoms with Gasteiger partial charge in [-0.1, -0.05) is 105 Å². The first-order valence-electron chi connectivity index (χ1n) is 12.3. The Hall–Kier alpha value is -2.95. The van der Waals surface area contributed by atoms with Crippen molar-refractivity contribution in [2.45, 2.75) is 39.0 Å². The van der Waals surface area contributed by atoms with E-state index in [2.05, 4.69) is 124 Å². The van der Waals surface area contributed by atoms with E-state index < -0.39 is 16.1 Å². The molecule has 170 valence electrons. The molecule has 0 N–H and O–H groups in total. The molecular formula is C32H34Si2. The molecule has 3 aromatic rings. The Morgan fingerprint density at radius 2 is 1.00 bits per heavy atom. The summed E-state index contributed by atoms with van der Waals surface area (Å²) in [6, 6.07) is 27.6. The molecule has 0 atom stereocenters. The van der Waals surface area contributed by atoms with Crippen LogP contribution in [0.2, 0.25) is 26.2 Å². The lowest BCUT2D eigenvalue weighted by Gasteiger charge is -2.26. The fourth-order valence-corrected chi connectivity index (χ4v) is 13.6. The lowest BCUT2D eigenvalue weighted by molar-refractivity contribution is 1.42. The molecule has 34 heavy (non-hydrogen) atoms. The highest BCUT2D eigenvalue weighted by Crippen LogP contribution is 2.45. The zero-order chi connectivity index (χ0) is 24.1. The Balaban J connectivity index is 1.73. The van der Waals surface area contributed by atoms with Crippen LogP contribution in [0.5, 0.6) is 0 Å². The summed E-state index contributed by atoms with van der Waals surface area (Å²) >= 11 is 0. The second-order valence-electron chi connectivity index (χ2n) is 10.6. The number of rotatable bonds is 6. The largest absolute Gasteiger partial charge is 0.114 e. The van der Waals surface area contributed by atoms with Gasteiger partial charge in [0.25, 0.3) is 0 Å². The molecule has 0 saturated carbocycles. The summed E-state index contributed by atoms with van der Waals surface area (Å²) in [4.78, 5) is 0. The summed E-state index contributed by atoms with van der Waals surface area (Å²) in [6.07, 6.45) is 5.98. The molecule has 5 rings (SSSR count). The fourth-order valence-electron chi connectivity index (χ4n) is 6.49. The third-order valence-corrected chi connectivity index (χ3v) is 15.1. The van der Waals surface area contributed by atoms with Gasteiger partial charge in [0.2, 0.25) is 0 Å². The van der Waals surface area contributed by atoms with Gasteiger partial charge in [-0.05, 0) is 73.1 Å². The van der Waals surface area contributed by atoms with Crippen molar-refractivity contribution >= 4 is 48.1 Å². The molecule has 0 spiro atoms. The van der Waals surface area contributed by atoms with Crippen LogP contribution in [-0.2, 0) is 0 Å². The third-order valence-electron chi connectivity index (χ3n) is 7.84. The first-order chi connectivity index (χ1) is 16.3. The van der Waals surface area contributed by atoms with Gasteiger partial charge in [-0.15, -0.1) is 13.2 Å². The van der Waals surface area contributed by atoms with Gasteiger partial charge in [0.1, 0.15) is 16.1 Å². The Morgan fingerprint density at radius 3 is 1.41 bits per heavy atom. The number of fused-ring (bicyclic) bond motifs is 2. The molecule has 0 bridgehead atoms. The molecule has 2 heterocycles. The first-order valence-corrected chi connectivity index (χ1v) is 18.3. The predicted molar refractivity (Wildman–Crippen MR) is 157 cm³/mol. The van der Waals surface area contributed by atoms with Crippen LogP contribution in [-0.4, -0.2) is 16.1 Å². The van der Waals surface area contributed by atoms with E-state index in [4.69, 9.17) is 0 Å². The first kappa shape index (κ1) is 22.8. The number of hydrogen-bond donors (Lipinski definition) is 0. The molecule has 0 radical (unpaired) electrons. The second-order valence-corrected chi connectivity index (χ2v) is 19.2. The van der Waals surface area contributed by atoms with E-state index in [9.17, 15) is 0 Å². The van der Waals surface area contributed by atoms with Crippen molar-refractivity contribution in [3.63, 3.8) is 0 Å². The van der Waals surface area contributed by atoms with Crippen LogP contribution in [0.1, 0.15) is 35.1 Å². The number of hydrogen-bond acceptors (Lipinski definition) is 0. The van der Waals surface area contributed by atoms with Crippen LogP contribution in [0.25, 0.3) is 21.5 Å². The Kier molecular flexibility index (Phi) is 5.62. The van der Waals surface area contributed by atoms with E-state index in [1.54, 1.807) is 20.8 Å². The zero-order valence-electron chi connectivity index (χ0n) is 20.9. The van der Waals surface area contributed by atoms with Crippen molar-refractivity contribution < 1.29 is 0 Å². The standard InChI is InChI=1S/C32H34Si2/c1-7-14-27-25-18-9-11-20-29(25)33(3,4)31(27)23-16-13-17-24(22-23)32-28(15-8-2)26-19-10-12-21-30(26)34(32,5)6/h7-13,16-22H,1-2,14-15H2,3-6H3. The maximum atomic E-state index is 4.10. The SMILES string of the molecule is C=CCC1=C(c2cccc(C3=C(CC=C)c4ccccc4[Si]3(C)C)c2)[Si](C)(C)c2ccccc21. The van der Waals surface area contributed by atoms with Crippen molar-refractivity contribution in [1.82, 2.24) is 0 Å². The van der Waals surface area contributed by atoms with Gasteiger partial charge >= 0.3 is 0 Å². The third kappa shape index (κ3) is 3.31. The Bertz CT molecular complexity index is 1280. The lowest BCUT2D eigenvalue weighted by atomic mass is 9.97. The maximum absolute atomic E-state index is 4.10. The van der Waals surface area contributed by atoms with Crippen molar-refractivity contribution in [2.75, 3.05) is 0 Å². The lowest BCUT2D eigenvalue weighted by Crippen LogP contribution is -2.41. The van der Waals surface area contributed by atoms with Crippen LogP contribution in [0.4, 0.5) is 0 Å². The van der Waals surface area contributed by atoms with E-state index in [0.29, 0.717) is 0 Å². The number of allylic oxidation sites excluding steroid dienone is 4. The van der Waals surface area contributed by atoms with Crippen LogP contribution in [0, 0.1) is 0 Å². The summed E-state index contributed by atoms with van der Waals surface area (Å²) in [7, 11) is -3.63. The summed E-state index contributed by atoms with van der Waals surface area (Å²) in [5.74, 6) is 0. The molecule has 3 aromatic carbocycles.